The van der Waals surface area contributed by atoms with Gasteiger partial charge < -0.3 is 5.11 Å². The average Bonchev–Trinajstić information content (AvgIpc) is 2.75. The highest BCUT2D eigenvalue weighted by molar-refractivity contribution is 8.01. The van der Waals surface area contributed by atoms with Gasteiger partial charge in [0.2, 0.25) is 0 Å². The highest BCUT2D eigenvalue weighted by Gasteiger charge is 2.40. The molecule has 1 N–H and O–H groups in total. The van der Waals surface area contributed by atoms with Crippen molar-refractivity contribution in [1.82, 2.24) is 4.90 Å². The molecule has 0 amide bonds. The van der Waals surface area contributed by atoms with Gasteiger partial charge >= 0.3 is 0 Å². The van der Waals surface area contributed by atoms with Gasteiger partial charge in [-0.1, -0.05) is 6.92 Å². The normalized spacial score (nSPS) is 36.2. The van der Waals surface area contributed by atoms with Crippen LogP contribution in [0.4, 0.5) is 0 Å². The minimum atomic E-state index is -3.04. The van der Waals surface area contributed by atoms with Gasteiger partial charge in [-0.15, -0.1) is 0 Å². The van der Waals surface area contributed by atoms with Crippen LogP contribution < -0.4 is 0 Å². The molecule has 0 aromatic rings. The van der Waals surface area contributed by atoms with Gasteiger partial charge in [0.1, 0.15) is 5.37 Å². The Morgan fingerprint density at radius 2 is 2.18 bits per heavy atom. The first-order valence-electron chi connectivity index (χ1n) is 6.29. The fourth-order valence-corrected chi connectivity index (χ4v) is 5.86. The van der Waals surface area contributed by atoms with Crippen molar-refractivity contribution in [1.29, 1.82) is 0 Å². The number of rotatable bonds is 3. The number of thioether (sulfide) groups is 1. The van der Waals surface area contributed by atoms with E-state index in [4.69, 9.17) is 0 Å². The van der Waals surface area contributed by atoms with Crippen molar-refractivity contribution in [2.24, 2.45) is 0 Å². The molecule has 1 saturated carbocycles. The second kappa shape index (κ2) is 5.47. The van der Waals surface area contributed by atoms with Crippen LogP contribution in [0.25, 0.3) is 0 Å². The Labute approximate surface area is 108 Å². The van der Waals surface area contributed by atoms with E-state index in [1.807, 2.05) is 4.90 Å². The third kappa shape index (κ3) is 2.80. The number of sulfone groups is 1. The molecule has 1 aliphatic carbocycles. The van der Waals surface area contributed by atoms with Crippen LogP contribution in [0.5, 0.6) is 0 Å². The summed E-state index contributed by atoms with van der Waals surface area (Å²) >= 11 is 1.71. The third-order valence-corrected chi connectivity index (χ3v) is 7.12. The Balaban J connectivity index is 2.17. The molecule has 0 spiro atoms. The first-order chi connectivity index (χ1) is 8.06. The van der Waals surface area contributed by atoms with E-state index in [9.17, 15) is 13.5 Å². The Kier molecular flexibility index (Phi) is 4.39. The van der Waals surface area contributed by atoms with Gasteiger partial charge in [-0.2, -0.15) is 11.8 Å². The molecule has 1 saturated heterocycles. The van der Waals surface area contributed by atoms with Crippen molar-refractivity contribution in [2.75, 3.05) is 23.8 Å². The lowest BCUT2D eigenvalue weighted by molar-refractivity contribution is 0.0682. The number of aliphatic hydroxyl groups is 1. The van der Waals surface area contributed by atoms with Gasteiger partial charge in [-0.05, 0) is 19.3 Å². The van der Waals surface area contributed by atoms with Crippen molar-refractivity contribution in [2.45, 2.75) is 43.7 Å². The molecular weight excluding hydrogens is 258 g/mol. The molecule has 2 aliphatic rings. The highest BCUT2D eigenvalue weighted by Crippen LogP contribution is 2.31. The molecule has 0 radical (unpaired) electrons. The van der Waals surface area contributed by atoms with E-state index in [2.05, 4.69) is 0 Å². The SMILES string of the molecule is CCS(=O)(=O)C1CSCCN1[C@H]1CCC[C@@H]1O. The fraction of sp³-hybridized carbons (Fsp3) is 1.00. The summed E-state index contributed by atoms with van der Waals surface area (Å²) in [5.74, 6) is 1.82. The maximum absolute atomic E-state index is 12.1. The van der Waals surface area contributed by atoms with Crippen LogP contribution in [0.15, 0.2) is 0 Å². The molecule has 0 aromatic heterocycles. The second-order valence-corrected chi connectivity index (χ2v) is 8.38. The first kappa shape index (κ1) is 13.6. The standard InChI is InChI=1S/C11H21NO3S2/c1-2-17(14,15)11-8-16-7-6-12(11)9-4-3-5-10(9)13/h9-11,13H,2-8H2,1H3/t9-,10-,11?/m0/s1. The van der Waals surface area contributed by atoms with Gasteiger partial charge in [-0.3, -0.25) is 4.90 Å². The zero-order valence-corrected chi connectivity index (χ0v) is 11.8. The van der Waals surface area contributed by atoms with Crippen LogP contribution in [-0.2, 0) is 9.84 Å². The Morgan fingerprint density at radius 3 is 2.76 bits per heavy atom. The first-order valence-corrected chi connectivity index (χ1v) is 9.16. The summed E-state index contributed by atoms with van der Waals surface area (Å²) < 4.78 is 24.2. The van der Waals surface area contributed by atoms with Crippen LogP contribution in [0, 0.1) is 0 Å². The van der Waals surface area contributed by atoms with Crippen LogP contribution in [0.1, 0.15) is 26.2 Å². The van der Waals surface area contributed by atoms with Crippen LogP contribution in [0.3, 0.4) is 0 Å². The summed E-state index contributed by atoms with van der Waals surface area (Å²) in [6.07, 6.45) is 2.41. The molecule has 2 fully saturated rings. The molecule has 1 aliphatic heterocycles. The maximum atomic E-state index is 12.1. The lowest BCUT2D eigenvalue weighted by Gasteiger charge is -2.40. The Morgan fingerprint density at radius 1 is 1.41 bits per heavy atom. The van der Waals surface area contributed by atoms with Crippen molar-refractivity contribution >= 4 is 21.6 Å². The van der Waals surface area contributed by atoms with Crippen LogP contribution >= 0.6 is 11.8 Å². The smallest absolute Gasteiger partial charge is 0.166 e. The summed E-state index contributed by atoms with van der Waals surface area (Å²) in [4.78, 5) is 2.05. The molecule has 2 rings (SSSR count). The quantitative estimate of drug-likeness (QED) is 0.824. The van der Waals surface area contributed by atoms with E-state index in [0.29, 0.717) is 5.75 Å². The lowest BCUT2D eigenvalue weighted by Crippen LogP contribution is -2.54. The molecule has 0 aromatic carbocycles. The number of nitrogens with zero attached hydrogens (tertiary/aromatic N) is 1. The predicted molar refractivity (Wildman–Crippen MR) is 70.9 cm³/mol. The van der Waals surface area contributed by atoms with Crippen LogP contribution in [0.2, 0.25) is 0 Å². The topological polar surface area (TPSA) is 57.6 Å². The van der Waals surface area contributed by atoms with Crippen molar-refractivity contribution in [3.63, 3.8) is 0 Å². The number of aliphatic hydroxyl groups excluding tert-OH is 1. The molecule has 3 atom stereocenters. The van der Waals surface area contributed by atoms with Crippen molar-refractivity contribution in [3.05, 3.63) is 0 Å². The van der Waals surface area contributed by atoms with Crippen molar-refractivity contribution in [3.8, 4) is 0 Å². The summed E-state index contributed by atoms with van der Waals surface area (Å²) in [5.41, 5.74) is 0. The molecule has 4 nitrogen and oxygen atoms in total. The molecule has 100 valence electrons. The monoisotopic (exact) mass is 279 g/mol. The van der Waals surface area contributed by atoms with E-state index in [1.165, 1.54) is 0 Å². The average molecular weight is 279 g/mol. The van der Waals surface area contributed by atoms with Gasteiger partial charge in [0.25, 0.3) is 0 Å². The molecule has 1 unspecified atom stereocenters. The molecule has 0 bridgehead atoms. The summed E-state index contributed by atoms with van der Waals surface area (Å²) in [6.45, 7) is 2.49. The minimum absolute atomic E-state index is 0.0576. The molecule has 6 heteroatoms. The third-order valence-electron chi connectivity index (χ3n) is 3.81. The fourth-order valence-electron chi connectivity index (χ4n) is 2.78. The zero-order chi connectivity index (χ0) is 12.5. The largest absolute Gasteiger partial charge is 0.391 e. The van der Waals surface area contributed by atoms with Crippen LogP contribution in [-0.4, -0.2) is 59.7 Å². The van der Waals surface area contributed by atoms with E-state index in [-0.39, 0.29) is 23.3 Å². The summed E-state index contributed by atoms with van der Waals surface area (Å²) in [5, 5.41) is 9.57. The Hall–Kier alpha value is 0.220. The highest BCUT2D eigenvalue weighted by atomic mass is 32.2. The lowest BCUT2D eigenvalue weighted by atomic mass is 10.2. The minimum Gasteiger partial charge on any atom is -0.391 e. The number of hydrogen-bond acceptors (Lipinski definition) is 5. The van der Waals surface area contributed by atoms with Gasteiger partial charge in [0, 0.05) is 29.8 Å². The van der Waals surface area contributed by atoms with Gasteiger partial charge in [-0.25, -0.2) is 8.42 Å². The number of hydrogen-bond donors (Lipinski definition) is 1. The van der Waals surface area contributed by atoms with Gasteiger partial charge in [0.15, 0.2) is 9.84 Å². The van der Waals surface area contributed by atoms with E-state index >= 15 is 0 Å². The second-order valence-electron chi connectivity index (χ2n) is 4.78. The maximum Gasteiger partial charge on any atom is 0.166 e. The zero-order valence-electron chi connectivity index (χ0n) is 10.2. The van der Waals surface area contributed by atoms with E-state index in [0.717, 1.165) is 31.6 Å². The Bertz CT molecular complexity index is 358. The molecular formula is C11H21NO3S2. The summed E-state index contributed by atoms with van der Waals surface area (Å²) in [6, 6.07) is 0.0576. The van der Waals surface area contributed by atoms with E-state index < -0.39 is 9.84 Å². The van der Waals surface area contributed by atoms with Crippen molar-refractivity contribution < 1.29 is 13.5 Å². The predicted octanol–water partition coefficient (Wildman–Crippen LogP) is 0.709. The molecule has 1 heterocycles. The molecule has 17 heavy (non-hydrogen) atoms. The van der Waals surface area contributed by atoms with E-state index in [1.54, 1.807) is 18.7 Å². The summed E-state index contributed by atoms with van der Waals surface area (Å²) in [7, 11) is -3.04. The van der Waals surface area contributed by atoms with Gasteiger partial charge in [0.05, 0.1) is 6.10 Å².